The molecule has 0 saturated carbocycles. The molecule has 1 unspecified atom stereocenters. The molecule has 3 nitrogen and oxygen atoms in total. The fourth-order valence-corrected chi connectivity index (χ4v) is 2.83. The maximum absolute atomic E-state index is 12.6. The Balaban J connectivity index is 2.90. The molecule has 0 radical (unpaired) electrons. The van der Waals surface area contributed by atoms with Crippen LogP contribution in [-0.4, -0.2) is 25.8 Å². The van der Waals surface area contributed by atoms with Gasteiger partial charge < -0.3 is 9.47 Å². The zero-order valence-corrected chi connectivity index (χ0v) is 15.9. The first-order valence-corrected chi connectivity index (χ1v) is 9.47. The van der Waals surface area contributed by atoms with E-state index in [1.54, 1.807) is 7.11 Å². The zero-order valence-electron chi connectivity index (χ0n) is 15.9. The van der Waals surface area contributed by atoms with Gasteiger partial charge >= 0.3 is 5.97 Å². The number of aryl methyl sites for hydroxylation is 2. The SMILES string of the molecule is CCCCc1cc(CCCC)cc(C(=O)OC(CCC)COC)c1. The highest BCUT2D eigenvalue weighted by Crippen LogP contribution is 2.17. The lowest BCUT2D eigenvalue weighted by atomic mass is 9.98. The molecular weight excluding hydrogens is 300 g/mol. The van der Waals surface area contributed by atoms with Crippen LogP contribution in [0.3, 0.4) is 0 Å². The molecule has 0 aliphatic heterocycles. The molecule has 1 rings (SSSR count). The lowest BCUT2D eigenvalue weighted by molar-refractivity contribution is 0.00296. The first-order valence-electron chi connectivity index (χ1n) is 9.47. The lowest BCUT2D eigenvalue weighted by Crippen LogP contribution is -2.23. The van der Waals surface area contributed by atoms with Crippen molar-refractivity contribution in [2.75, 3.05) is 13.7 Å². The molecule has 0 N–H and O–H groups in total. The standard InChI is InChI=1S/C21H34O3/c1-5-8-11-17-13-18(12-9-6-2)15-19(14-17)21(22)24-20(10-7-3)16-23-4/h13-15,20H,5-12,16H2,1-4H3. The second kappa shape index (κ2) is 12.1. The molecule has 0 aromatic heterocycles. The lowest BCUT2D eigenvalue weighted by Gasteiger charge is -2.17. The monoisotopic (exact) mass is 334 g/mol. The predicted octanol–water partition coefficient (Wildman–Crippen LogP) is 5.34. The molecule has 0 saturated heterocycles. The fraction of sp³-hybridized carbons (Fsp3) is 0.667. The molecule has 0 aliphatic rings. The molecular formula is C21H34O3. The highest BCUT2D eigenvalue weighted by Gasteiger charge is 2.16. The Bertz CT molecular complexity index is 450. The van der Waals surface area contributed by atoms with Gasteiger partial charge in [0.25, 0.3) is 0 Å². The predicted molar refractivity (Wildman–Crippen MR) is 99.7 cm³/mol. The van der Waals surface area contributed by atoms with Crippen LogP contribution in [-0.2, 0) is 22.3 Å². The summed E-state index contributed by atoms with van der Waals surface area (Å²) in [6.45, 7) is 6.93. The zero-order chi connectivity index (χ0) is 17.8. The van der Waals surface area contributed by atoms with E-state index in [-0.39, 0.29) is 12.1 Å². The Morgan fingerprint density at radius 3 is 2.00 bits per heavy atom. The summed E-state index contributed by atoms with van der Waals surface area (Å²) in [6.07, 6.45) is 8.29. The van der Waals surface area contributed by atoms with E-state index in [2.05, 4.69) is 26.8 Å². The molecule has 3 heteroatoms. The van der Waals surface area contributed by atoms with Crippen LogP contribution in [0.2, 0.25) is 0 Å². The summed E-state index contributed by atoms with van der Waals surface area (Å²) in [6, 6.07) is 6.26. The first kappa shape index (κ1) is 20.7. The Hall–Kier alpha value is -1.35. The van der Waals surface area contributed by atoms with Crippen LogP contribution in [0.5, 0.6) is 0 Å². The van der Waals surface area contributed by atoms with Crippen LogP contribution in [0.15, 0.2) is 18.2 Å². The molecule has 1 atom stereocenters. The molecule has 0 heterocycles. The summed E-state index contributed by atoms with van der Waals surface area (Å²) >= 11 is 0. The number of ether oxygens (including phenoxy) is 2. The molecule has 136 valence electrons. The minimum atomic E-state index is -0.221. The summed E-state index contributed by atoms with van der Waals surface area (Å²) in [5.41, 5.74) is 3.18. The topological polar surface area (TPSA) is 35.5 Å². The number of hydrogen-bond acceptors (Lipinski definition) is 3. The van der Waals surface area contributed by atoms with Gasteiger partial charge in [-0.25, -0.2) is 4.79 Å². The smallest absolute Gasteiger partial charge is 0.338 e. The van der Waals surface area contributed by atoms with Crippen molar-refractivity contribution < 1.29 is 14.3 Å². The molecule has 1 aromatic carbocycles. The quantitative estimate of drug-likeness (QED) is 0.484. The van der Waals surface area contributed by atoms with Crippen molar-refractivity contribution in [3.63, 3.8) is 0 Å². The van der Waals surface area contributed by atoms with Crippen LogP contribution in [0.4, 0.5) is 0 Å². The van der Waals surface area contributed by atoms with Crippen molar-refractivity contribution in [1.82, 2.24) is 0 Å². The van der Waals surface area contributed by atoms with Gasteiger partial charge in [-0.1, -0.05) is 46.1 Å². The molecule has 24 heavy (non-hydrogen) atoms. The third-order valence-corrected chi connectivity index (χ3v) is 4.16. The summed E-state index contributed by atoms with van der Waals surface area (Å²) in [5, 5.41) is 0. The molecule has 0 amide bonds. The second-order valence-electron chi connectivity index (χ2n) is 6.52. The highest BCUT2D eigenvalue weighted by molar-refractivity contribution is 5.90. The van der Waals surface area contributed by atoms with Gasteiger partial charge in [0.1, 0.15) is 6.10 Å². The van der Waals surface area contributed by atoms with Gasteiger partial charge in [0.2, 0.25) is 0 Å². The number of carbonyl (C=O) groups is 1. The van der Waals surface area contributed by atoms with E-state index in [0.29, 0.717) is 12.2 Å². The number of rotatable bonds is 12. The van der Waals surface area contributed by atoms with Crippen molar-refractivity contribution >= 4 is 5.97 Å². The minimum Gasteiger partial charge on any atom is -0.456 e. The number of benzene rings is 1. The van der Waals surface area contributed by atoms with Crippen LogP contribution in [0.1, 0.15) is 80.8 Å². The Kier molecular flexibility index (Phi) is 10.4. The Morgan fingerprint density at radius 2 is 1.54 bits per heavy atom. The van der Waals surface area contributed by atoms with E-state index in [1.807, 2.05) is 12.1 Å². The molecule has 0 fully saturated rings. The maximum Gasteiger partial charge on any atom is 0.338 e. The van der Waals surface area contributed by atoms with Gasteiger partial charge in [-0.3, -0.25) is 0 Å². The minimum absolute atomic E-state index is 0.161. The third-order valence-electron chi connectivity index (χ3n) is 4.16. The van der Waals surface area contributed by atoms with Crippen LogP contribution in [0, 0.1) is 0 Å². The number of esters is 1. The summed E-state index contributed by atoms with van der Waals surface area (Å²) in [5.74, 6) is -0.221. The second-order valence-corrected chi connectivity index (χ2v) is 6.52. The van der Waals surface area contributed by atoms with Crippen molar-refractivity contribution in [2.45, 2.75) is 78.2 Å². The van der Waals surface area contributed by atoms with Gasteiger partial charge in [-0.15, -0.1) is 0 Å². The first-order chi connectivity index (χ1) is 11.6. The third kappa shape index (κ3) is 7.48. The average molecular weight is 335 g/mol. The van der Waals surface area contributed by atoms with Crippen LogP contribution >= 0.6 is 0 Å². The van der Waals surface area contributed by atoms with Crippen molar-refractivity contribution in [3.05, 3.63) is 34.9 Å². The Morgan fingerprint density at radius 1 is 0.958 bits per heavy atom. The summed E-state index contributed by atoms with van der Waals surface area (Å²) < 4.78 is 10.8. The number of methoxy groups -OCH3 is 1. The summed E-state index contributed by atoms with van der Waals surface area (Å²) in [7, 11) is 1.64. The normalized spacial score (nSPS) is 12.2. The van der Waals surface area contributed by atoms with E-state index in [1.165, 1.54) is 11.1 Å². The van der Waals surface area contributed by atoms with Gasteiger partial charge in [-0.05, 0) is 55.4 Å². The number of hydrogen-bond donors (Lipinski definition) is 0. The van der Waals surface area contributed by atoms with E-state index >= 15 is 0 Å². The van der Waals surface area contributed by atoms with Crippen LogP contribution in [0.25, 0.3) is 0 Å². The number of unbranched alkanes of at least 4 members (excludes halogenated alkanes) is 2. The van der Waals surface area contributed by atoms with Crippen LogP contribution < -0.4 is 0 Å². The Labute approximate surface area is 147 Å². The molecule has 0 aliphatic carbocycles. The summed E-state index contributed by atoms with van der Waals surface area (Å²) in [4.78, 5) is 12.6. The van der Waals surface area contributed by atoms with E-state index < -0.39 is 0 Å². The average Bonchev–Trinajstić information content (AvgIpc) is 2.58. The fourth-order valence-electron chi connectivity index (χ4n) is 2.83. The van der Waals surface area contributed by atoms with Gasteiger partial charge in [-0.2, -0.15) is 0 Å². The molecule has 0 bridgehead atoms. The number of carbonyl (C=O) groups excluding carboxylic acids is 1. The van der Waals surface area contributed by atoms with Crippen molar-refractivity contribution in [1.29, 1.82) is 0 Å². The molecule has 1 aromatic rings. The van der Waals surface area contributed by atoms with Gasteiger partial charge in [0.05, 0.1) is 12.2 Å². The van der Waals surface area contributed by atoms with E-state index in [0.717, 1.165) is 51.4 Å². The van der Waals surface area contributed by atoms with Crippen molar-refractivity contribution in [2.24, 2.45) is 0 Å². The van der Waals surface area contributed by atoms with Crippen molar-refractivity contribution in [3.8, 4) is 0 Å². The van der Waals surface area contributed by atoms with Gasteiger partial charge in [0, 0.05) is 7.11 Å². The maximum atomic E-state index is 12.6. The largest absolute Gasteiger partial charge is 0.456 e. The van der Waals surface area contributed by atoms with Gasteiger partial charge in [0.15, 0.2) is 0 Å². The highest BCUT2D eigenvalue weighted by atomic mass is 16.6. The van der Waals surface area contributed by atoms with E-state index in [4.69, 9.17) is 9.47 Å². The molecule has 0 spiro atoms. The van der Waals surface area contributed by atoms with E-state index in [9.17, 15) is 4.79 Å².